The third-order valence-corrected chi connectivity index (χ3v) is 6.07. The fourth-order valence-electron chi connectivity index (χ4n) is 2.83. The van der Waals surface area contributed by atoms with Gasteiger partial charge in [0.25, 0.3) is 5.91 Å². The summed E-state index contributed by atoms with van der Waals surface area (Å²) in [6.45, 7) is 1.78. The van der Waals surface area contributed by atoms with Crippen LogP contribution in [0, 0.1) is 0 Å². The van der Waals surface area contributed by atoms with Crippen LogP contribution in [0.2, 0.25) is 0 Å². The van der Waals surface area contributed by atoms with Crippen LogP contribution >= 0.6 is 22.0 Å². The van der Waals surface area contributed by atoms with Gasteiger partial charge in [-0.05, 0) is 61.0 Å². The van der Waals surface area contributed by atoms with Crippen LogP contribution in [-0.4, -0.2) is 24.7 Å². The quantitative estimate of drug-likeness (QED) is 0.158. The van der Waals surface area contributed by atoms with Crippen LogP contribution in [0.3, 0.4) is 0 Å². The second kappa shape index (κ2) is 13.7. The molecule has 0 fully saturated rings. The van der Waals surface area contributed by atoms with Gasteiger partial charge in [-0.3, -0.25) is 14.2 Å². The number of benzene rings is 3. The van der Waals surface area contributed by atoms with Crippen molar-refractivity contribution in [3.05, 3.63) is 90.0 Å². The van der Waals surface area contributed by atoms with Gasteiger partial charge in [0, 0.05) is 28.4 Å². The van der Waals surface area contributed by atoms with E-state index in [0.717, 1.165) is 39.7 Å². The van der Waals surface area contributed by atoms with Crippen molar-refractivity contribution in [3.63, 3.8) is 0 Å². The number of rotatable bonds is 11. The van der Waals surface area contributed by atoms with Gasteiger partial charge in [0.1, 0.15) is 17.2 Å². The molecule has 7 nitrogen and oxygen atoms in total. The van der Waals surface area contributed by atoms with E-state index in [9.17, 15) is 22.8 Å². The molecule has 37 heavy (non-hydrogen) atoms. The Morgan fingerprint density at radius 2 is 1.41 bits per heavy atom. The molecule has 0 radical (unpaired) electrons. The van der Waals surface area contributed by atoms with Gasteiger partial charge in [-0.1, -0.05) is 30.3 Å². The number of carbonyl (C=O) groups is 2. The van der Waals surface area contributed by atoms with Crippen molar-refractivity contribution in [3.8, 4) is 17.2 Å². The molecule has 0 aliphatic rings. The molecule has 0 aliphatic carbocycles. The molecule has 12 heteroatoms. The summed E-state index contributed by atoms with van der Waals surface area (Å²) in [5, 5.41) is 0. The van der Waals surface area contributed by atoms with E-state index in [4.69, 9.17) is 14.2 Å². The minimum atomic E-state index is -4.41. The van der Waals surface area contributed by atoms with Gasteiger partial charge in [0.05, 0.1) is 12.2 Å². The summed E-state index contributed by atoms with van der Waals surface area (Å²) in [5.74, 6) is 0.595. The first-order valence-electron chi connectivity index (χ1n) is 10.9. The zero-order valence-electron chi connectivity index (χ0n) is 19.5. The van der Waals surface area contributed by atoms with Crippen molar-refractivity contribution < 1.29 is 37.0 Å². The van der Waals surface area contributed by atoms with Crippen LogP contribution in [0.1, 0.15) is 18.1 Å². The fraction of sp³-hybridized carbons (Fsp3) is 0.200. The van der Waals surface area contributed by atoms with E-state index in [2.05, 4.69) is 9.44 Å². The Bertz CT molecular complexity index is 1150. The summed E-state index contributed by atoms with van der Waals surface area (Å²) in [5.41, 5.74) is 0.293. The maximum Gasteiger partial charge on any atom is 0.417 e. The van der Waals surface area contributed by atoms with Crippen LogP contribution < -0.4 is 18.9 Å². The third kappa shape index (κ3) is 9.81. The van der Waals surface area contributed by atoms with Crippen molar-refractivity contribution in [1.29, 1.82) is 0 Å². The van der Waals surface area contributed by atoms with Crippen LogP contribution in [-0.2, 0) is 22.1 Å². The Labute approximate surface area is 219 Å². The molecule has 196 valence electrons. The lowest BCUT2D eigenvalue weighted by Crippen LogP contribution is -2.32. The molecule has 3 aromatic rings. The predicted molar refractivity (Wildman–Crippen MR) is 136 cm³/mol. The lowest BCUT2D eigenvalue weighted by Gasteiger charge is -2.14. The summed E-state index contributed by atoms with van der Waals surface area (Å²) in [7, 11) is 1.79. The Morgan fingerprint density at radius 1 is 0.838 bits per heavy atom. The van der Waals surface area contributed by atoms with Crippen molar-refractivity contribution in [2.24, 2.45) is 0 Å². The highest BCUT2D eigenvalue weighted by molar-refractivity contribution is 8.75. The highest BCUT2D eigenvalue weighted by Crippen LogP contribution is 2.31. The molecule has 0 aliphatic heterocycles. The number of amides is 2. The van der Waals surface area contributed by atoms with Gasteiger partial charge < -0.3 is 14.2 Å². The molecule has 0 spiro atoms. The minimum absolute atomic E-state index is 0.229. The number of nitrogens with one attached hydrogen (secondary N) is 2. The largest absolute Gasteiger partial charge is 0.481 e. The van der Waals surface area contributed by atoms with Gasteiger partial charge in [-0.25, -0.2) is 4.79 Å². The molecule has 3 rings (SSSR count). The van der Waals surface area contributed by atoms with E-state index in [1.54, 1.807) is 31.2 Å². The molecule has 1 unspecified atom stereocenters. The molecular formula is C25H23F3N2O5S2. The molecule has 2 amide bonds. The zero-order valence-corrected chi connectivity index (χ0v) is 21.1. The highest BCUT2D eigenvalue weighted by atomic mass is 33.1. The summed E-state index contributed by atoms with van der Waals surface area (Å²) in [6, 6.07) is 20.2. The average molecular weight is 553 g/mol. The first kappa shape index (κ1) is 28.1. The molecule has 0 aromatic heterocycles. The summed E-state index contributed by atoms with van der Waals surface area (Å²) in [6.07, 6.45) is -5.28. The van der Waals surface area contributed by atoms with Gasteiger partial charge >= 0.3 is 12.3 Å². The Balaban J connectivity index is 1.33. The number of carbonyl (C=O) groups excluding carboxylic acids is 2. The summed E-state index contributed by atoms with van der Waals surface area (Å²) >= 11 is 0. The van der Waals surface area contributed by atoms with Crippen molar-refractivity contribution >= 4 is 34.0 Å². The summed E-state index contributed by atoms with van der Waals surface area (Å²) < 4.78 is 59.1. The molecular weight excluding hydrogens is 529 g/mol. The van der Waals surface area contributed by atoms with E-state index in [1.807, 2.05) is 30.3 Å². The third-order valence-electron chi connectivity index (χ3n) is 4.70. The Hall–Kier alpha value is -3.51. The lowest BCUT2D eigenvalue weighted by molar-refractivity contribution is -0.137. The molecule has 2 N–H and O–H groups in total. The Kier molecular flexibility index (Phi) is 10.4. The lowest BCUT2D eigenvalue weighted by atomic mass is 10.2. The maximum atomic E-state index is 12.7. The van der Waals surface area contributed by atoms with Crippen molar-refractivity contribution in [2.75, 3.05) is 6.61 Å². The van der Waals surface area contributed by atoms with Crippen LogP contribution in [0.4, 0.5) is 18.0 Å². The zero-order chi connectivity index (χ0) is 26.7. The predicted octanol–water partition coefficient (Wildman–Crippen LogP) is 6.56. The summed E-state index contributed by atoms with van der Waals surface area (Å²) in [4.78, 5) is 23.9. The number of alkyl halides is 3. The van der Waals surface area contributed by atoms with Crippen molar-refractivity contribution in [2.45, 2.75) is 25.6 Å². The van der Waals surface area contributed by atoms with Gasteiger partial charge in [-0.2, -0.15) is 13.2 Å². The van der Waals surface area contributed by atoms with Crippen LogP contribution in [0.25, 0.3) is 0 Å². The number of hydrogen-bond acceptors (Lipinski definition) is 7. The van der Waals surface area contributed by atoms with E-state index in [1.165, 1.54) is 12.1 Å². The number of hydrogen-bond donors (Lipinski definition) is 2. The second-order valence-electron chi connectivity index (χ2n) is 7.46. The van der Waals surface area contributed by atoms with Crippen LogP contribution in [0.5, 0.6) is 17.2 Å². The first-order valence-corrected chi connectivity index (χ1v) is 13.1. The minimum Gasteiger partial charge on any atom is -0.481 e. The number of halogens is 3. The van der Waals surface area contributed by atoms with E-state index in [-0.39, 0.29) is 12.4 Å². The molecule has 0 saturated heterocycles. The van der Waals surface area contributed by atoms with E-state index in [0.29, 0.717) is 17.9 Å². The van der Waals surface area contributed by atoms with E-state index >= 15 is 0 Å². The first-order chi connectivity index (χ1) is 17.7. The standard InChI is InChI=1S/C25H23F3N2O5S2/c1-17(23(31)29-36-37-30-24(32)33-16-15-18-5-3-2-4-6-18)34-20-11-13-22(14-12-20)35-21-9-7-19(8-10-21)25(26,27)28/h2-14,17H,15-16H2,1H3,(H,29,31)(H,30,32). The molecule has 1 atom stereocenters. The molecule has 3 aromatic carbocycles. The molecule has 0 heterocycles. The maximum absolute atomic E-state index is 12.7. The van der Waals surface area contributed by atoms with Gasteiger partial charge in [0.2, 0.25) is 0 Å². The van der Waals surface area contributed by atoms with Gasteiger partial charge in [0.15, 0.2) is 6.10 Å². The average Bonchev–Trinajstić information content (AvgIpc) is 2.88. The smallest absolute Gasteiger partial charge is 0.417 e. The normalized spacial score (nSPS) is 11.8. The van der Waals surface area contributed by atoms with E-state index < -0.39 is 29.8 Å². The topological polar surface area (TPSA) is 85.9 Å². The molecule has 0 bridgehead atoms. The van der Waals surface area contributed by atoms with Crippen LogP contribution in [0.15, 0.2) is 78.9 Å². The SMILES string of the molecule is CC(Oc1ccc(Oc2ccc(C(F)(F)F)cc2)cc1)C(=O)NSSNC(=O)OCCc1ccccc1. The van der Waals surface area contributed by atoms with Gasteiger partial charge in [-0.15, -0.1) is 0 Å². The fourth-order valence-corrected chi connectivity index (χ4v) is 3.99. The number of ether oxygens (including phenoxy) is 3. The monoisotopic (exact) mass is 552 g/mol. The second-order valence-corrected chi connectivity index (χ2v) is 9.20. The molecule has 0 saturated carbocycles. The highest BCUT2D eigenvalue weighted by Gasteiger charge is 2.30. The Morgan fingerprint density at radius 3 is 2.03 bits per heavy atom. The van der Waals surface area contributed by atoms with Crippen molar-refractivity contribution in [1.82, 2.24) is 9.44 Å².